The molecule has 0 saturated carbocycles. The van der Waals surface area contributed by atoms with Crippen LogP contribution in [0.5, 0.6) is 0 Å². The molecule has 0 radical (unpaired) electrons. The number of hydrogen-bond donors (Lipinski definition) is 1. The van der Waals surface area contributed by atoms with Gasteiger partial charge in [-0.1, -0.05) is 78.9 Å². The van der Waals surface area contributed by atoms with Crippen LogP contribution in [0.15, 0.2) is 122 Å². The van der Waals surface area contributed by atoms with Crippen LogP contribution in [-0.4, -0.2) is 33.8 Å². The number of carbonyl (C=O) groups excluding carboxylic acids is 2. The fourth-order valence-electron chi connectivity index (χ4n) is 7.93. The van der Waals surface area contributed by atoms with Crippen molar-refractivity contribution in [1.29, 1.82) is 0 Å². The molecule has 0 fully saturated rings. The number of halogens is 24. The number of Topliss-reactive ketones (excluding diaryl/α,β-unsaturated/α-hetero) is 2. The molecule has 0 unspecified atom stereocenters. The largest absolute Gasteiger partial charge is 0.481 e. The van der Waals surface area contributed by atoms with Gasteiger partial charge in [-0.25, -0.2) is 0 Å². The Hall–Kier alpha value is -7.63. The molecule has 0 amide bonds. The first-order valence-electron chi connectivity index (χ1n) is 20.9. The van der Waals surface area contributed by atoms with Crippen molar-refractivity contribution in [2.45, 2.75) is 62.4 Å². The molecule has 6 aromatic rings. The molecule has 418 valence electrons. The number of hydrogen-bond acceptors (Lipinski definition) is 4. The minimum absolute atomic E-state index is 0.0484. The Bertz CT molecular complexity index is 2770. The van der Waals surface area contributed by atoms with Crippen molar-refractivity contribution in [3.8, 4) is 0 Å². The fraction of sp³-hybridized carbons (Fsp3) is 0.213. The highest BCUT2D eigenvalue weighted by Gasteiger charge is 2.47. The third-order valence-electron chi connectivity index (χ3n) is 11.3. The highest BCUT2D eigenvalue weighted by atomic mass is 19.4. The molecule has 6 nitrogen and oxygen atoms in total. The highest BCUT2D eigenvalue weighted by Crippen LogP contribution is 2.41. The van der Waals surface area contributed by atoms with Gasteiger partial charge in [0.15, 0.2) is 6.20 Å². The number of rotatable bonds is 10. The SMILES string of the molecule is FC(F)(F)c1cc([B-](c2cc(C(F)(F)F)cc(C(F)(F)F)c2)(c2cc(C(F)(F)F)cc(C(F)(F)F)c2)c2cc(C(F)(F)F)cc(C(F)(F)F)c2)cc(C(F)(F)F)c1.O=C(O)CC(=O)c1cncc[n+]1CC(=O)c1ccccc1. The zero-order valence-corrected chi connectivity index (χ0v) is 37.7. The summed E-state index contributed by atoms with van der Waals surface area (Å²) in [7, 11) is 0. The Kier molecular flexibility index (Phi) is 16.7. The van der Waals surface area contributed by atoms with Crippen LogP contribution in [0.1, 0.15) is 71.8 Å². The molecule has 31 heteroatoms. The predicted octanol–water partition coefficient (Wildman–Crippen LogP) is 12.1. The number of carbonyl (C=O) groups is 3. The first kappa shape index (κ1) is 61.2. The molecule has 5 aromatic carbocycles. The zero-order chi connectivity index (χ0) is 59.2. The first-order valence-corrected chi connectivity index (χ1v) is 20.9. The van der Waals surface area contributed by atoms with Crippen molar-refractivity contribution < 1.29 is 129 Å². The maximum Gasteiger partial charge on any atom is 0.416 e. The van der Waals surface area contributed by atoms with Crippen LogP contribution < -0.4 is 26.4 Å². The molecule has 0 saturated heterocycles. The van der Waals surface area contributed by atoms with Gasteiger partial charge >= 0.3 is 55.4 Å². The maximum absolute atomic E-state index is 14.2. The van der Waals surface area contributed by atoms with Gasteiger partial charge < -0.3 is 5.11 Å². The standard InChI is InChI=1S/C32H12BF24.C15H12N2O4/c34-25(35,36)13-1-14(26(37,38)39)6-21(5-13)33(22-7-15(27(40,41)42)2-16(8-22)28(43,44)45,23-9-17(29(46,47)48)3-18(10-23)30(49,50)51)24-11-19(31(52,53)54)4-20(12-24)32(55,56)57;18-13(8-15(20)21)12-9-16-6-7-17(12)10-14(19)11-4-2-1-3-5-11/h1-12H;1-7,9H,8,10H2/q-1;/p+1. The summed E-state index contributed by atoms with van der Waals surface area (Å²) in [6.45, 7) is -0.0484. The molecule has 0 aliphatic carbocycles. The van der Waals surface area contributed by atoms with Crippen LogP contribution in [0.4, 0.5) is 105 Å². The molecular weight excluding hydrogens is 1120 g/mol. The van der Waals surface area contributed by atoms with E-state index in [0.29, 0.717) is 5.56 Å². The van der Waals surface area contributed by atoms with Gasteiger partial charge in [0.1, 0.15) is 18.8 Å². The quantitative estimate of drug-likeness (QED) is 0.0485. The Labute approximate surface area is 419 Å². The average Bonchev–Trinajstić information content (AvgIpc) is 3.29. The van der Waals surface area contributed by atoms with Crippen molar-refractivity contribution in [3.05, 3.63) is 177 Å². The molecule has 0 aliphatic heterocycles. The van der Waals surface area contributed by atoms with Gasteiger partial charge in [0.05, 0.1) is 50.7 Å². The summed E-state index contributed by atoms with van der Waals surface area (Å²) in [4.78, 5) is 38.4. The van der Waals surface area contributed by atoms with E-state index in [2.05, 4.69) is 4.98 Å². The third kappa shape index (κ3) is 14.3. The minimum Gasteiger partial charge on any atom is -0.481 e. The first-order chi connectivity index (χ1) is 35.3. The normalized spacial score (nSPS) is 13.2. The molecule has 0 bridgehead atoms. The molecule has 0 aliphatic rings. The molecule has 0 atom stereocenters. The number of nitrogens with zero attached hydrogens (tertiary/aromatic N) is 2. The van der Waals surface area contributed by atoms with Crippen LogP contribution in [0.25, 0.3) is 0 Å². The summed E-state index contributed by atoms with van der Waals surface area (Å²) >= 11 is 0. The van der Waals surface area contributed by atoms with E-state index in [1.54, 1.807) is 30.3 Å². The second-order valence-corrected chi connectivity index (χ2v) is 16.6. The van der Waals surface area contributed by atoms with Gasteiger partial charge in [-0.3, -0.25) is 19.4 Å². The van der Waals surface area contributed by atoms with E-state index in [4.69, 9.17) is 5.11 Å². The van der Waals surface area contributed by atoms with Crippen molar-refractivity contribution in [1.82, 2.24) is 4.98 Å². The van der Waals surface area contributed by atoms with Crippen LogP contribution in [0.2, 0.25) is 0 Å². The number of aliphatic carboxylic acids is 1. The summed E-state index contributed by atoms with van der Waals surface area (Å²) in [5, 5.41) is 8.68. The highest BCUT2D eigenvalue weighted by molar-refractivity contribution is 7.20. The molecular formula is C47H25BF24N2O4. The van der Waals surface area contributed by atoms with E-state index in [-0.39, 0.29) is 18.0 Å². The molecule has 1 aromatic heterocycles. The summed E-state index contributed by atoms with van der Waals surface area (Å²) in [6, 6.07) is -0.138. The van der Waals surface area contributed by atoms with Crippen LogP contribution >= 0.6 is 0 Å². The van der Waals surface area contributed by atoms with Crippen LogP contribution in [0.3, 0.4) is 0 Å². The van der Waals surface area contributed by atoms with E-state index in [0.717, 1.165) is 0 Å². The number of benzene rings is 5. The lowest BCUT2D eigenvalue weighted by atomic mass is 9.12. The van der Waals surface area contributed by atoms with Crippen LogP contribution in [-0.2, 0) is 60.7 Å². The van der Waals surface area contributed by atoms with Gasteiger partial charge in [0, 0.05) is 5.56 Å². The van der Waals surface area contributed by atoms with Crippen molar-refractivity contribution in [3.63, 3.8) is 0 Å². The van der Waals surface area contributed by atoms with Gasteiger partial charge in [-0.2, -0.15) is 132 Å². The van der Waals surface area contributed by atoms with E-state index < -0.39 is 213 Å². The number of carboxylic acids is 1. The monoisotopic (exact) mass is 1150 g/mol. The summed E-state index contributed by atoms with van der Waals surface area (Å²) in [6.07, 6.45) is -51.3. The number of ketones is 2. The number of aromatic nitrogens is 2. The number of carboxylic acid groups (broad SMARTS) is 1. The van der Waals surface area contributed by atoms with Crippen molar-refractivity contribution in [2.24, 2.45) is 0 Å². The van der Waals surface area contributed by atoms with E-state index >= 15 is 0 Å². The molecule has 78 heavy (non-hydrogen) atoms. The van der Waals surface area contributed by atoms with E-state index in [1.807, 2.05) is 0 Å². The second kappa shape index (κ2) is 21.3. The Balaban J connectivity index is 0.000000443. The second-order valence-electron chi connectivity index (χ2n) is 16.6. The third-order valence-corrected chi connectivity index (χ3v) is 11.3. The van der Waals surface area contributed by atoms with Crippen molar-refractivity contribution in [2.75, 3.05) is 0 Å². The van der Waals surface area contributed by atoms with Crippen LogP contribution in [0, 0.1) is 0 Å². The lowest BCUT2D eigenvalue weighted by Crippen LogP contribution is -2.75. The summed E-state index contributed by atoms with van der Waals surface area (Å²) < 4.78 is 342. The van der Waals surface area contributed by atoms with Crippen molar-refractivity contribution >= 4 is 45.5 Å². The van der Waals surface area contributed by atoms with Gasteiger partial charge in [0.2, 0.25) is 18.1 Å². The Morgan fingerprint density at radius 2 is 0.679 bits per heavy atom. The smallest absolute Gasteiger partial charge is 0.416 e. The van der Waals surface area contributed by atoms with Gasteiger partial charge in [0.25, 0.3) is 5.69 Å². The molecule has 1 N–H and O–H groups in total. The topological polar surface area (TPSA) is 88.2 Å². The fourth-order valence-corrected chi connectivity index (χ4v) is 7.93. The number of alkyl halides is 24. The summed E-state index contributed by atoms with van der Waals surface area (Å²) in [5.74, 6) is -1.97. The average molecular weight is 1150 g/mol. The van der Waals surface area contributed by atoms with Gasteiger partial charge in [-0.15, -0.1) is 0 Å². The molecule has 6 rings (SSSR count). The molecule has 0 spiro atoms. The zero-order valence-electron chi connectivity index (χ0n) is 37.7. The lowest BCUT2D eigenvalue weighted by Gasteiger charge is -2.46. The van der Waals surface area contributed by atoms with Gasteiger partial charge in [-0.05, 0) is 24.3 Å². The minimum atomic E-state index is -6.13. The van der Waals surface area contributed by atoms with E-state index in [1.165, 1.54) is 23.2 Å². The van der Waals surface area contributed by atoms with E-state index in [9.17, 15) is 120 Å². The predicted molar refractivity (Wildman–Crippen MR) is 222 cm³/mol. The maximum atomic E-state index is 14.2. The lowest BCUT2D eigenvalue weighted by molar-refractivity contribution is -0.685. The Morgan fingerprint density at radius 1 is 0.410 bits per heavy atom. The summed E-state index contributed by atoms with van der Waals surface area (Å²) in [5.41, 5.74) is -29.6. The Morgan fingerprint density at radius 3 is 0.923 bits per heavy atom. The molecule has 1 heterocycles.